The lowest BCUT2D eigenvalue weighted by atomic mass is 10.1. The van der Waals surface area contributed by atoms with Gasteiger partial charge in [-0.15, -0.1) is 22.0 Å². The average Bonchev–Trinajstić information content (AvgIpc) is 3.55. The highest BCUT2D eigenvalue weighted by molar-refractivity contribution is 7.98. The molecule has 5 rings (SSSR count). The Balaban J connectivity index is 1.13. The van der Waals surface area contributed by atoms with Crippen LogP contribution in [-0.2, 0) is 21.8 Å². The number of aromatic amines is 1. The summed E-state index contributed by atoms with van der Waals surface area (Å²) >= 11 is 3.05. The van der Waals surface area contributed by atoms with Crippen molar-refractivity contribution in [2.45, 2.75) is 30.4 Å². The highest BCUT2D eigenvalue weighted by atomic mass is 32.2. The number of thioether (sulfide) groups is 1. The number of anilines is 1. The zero-order valence-corrected chi connectivity index (χ0v) is 20.4. The zero-order chi connectivity index (χ0) is 23.5. The molecule has 1 saturated heterocycles. The molecule has 2 amide bonds. The molecule has 34 heavy (non-hydrogen) atoms. The highest BCUT2D eigenvalue weighted by Crippen LogP contribution is 2.27. The average molecular weight is 492 g/mol. The predicted molar refractivity (Wildman–Crippen MR) is 136 cm³/mol. The molecule has 174 valence electrons. The molecule has 3 heterocycles. The van der Waals surface area contributed by atoms with Crippen molar-refractivity contribution in [1.82, 2.24) is 20.1 Å². The summed E-state index contributed by atoms with van der Waals surface area (Å²) in [4.78, 5) is 31.6. The van der Waals surface area contributed by atoms with Crippen LogP contribution in [0, 0.1) is 12.8 Å². The molecular weight excluding hydrogens is 466 g/mol. The van der Waals surface area contributed by atoms with Gasteiger partial charge in [-0.3, -0.25) is 9.59 Å². The molecule has 0 unspecified atom stereocenters. The lowest BCUT2D eigenvalue weighted by Crippen LogP contribution is -2.30. The Hall–Kier alpha value is -3.17. The van der Waals surface area contributed by atoms with Crippen molar-refractivity contribution in [1.29, 1.82) is 0 Å². The van der Waals surface area contributed by atoms with Crippen LogP contribution in [0.15, 0.2) is 59.6 Å². The van der Waals surface area contributed by atoms with Crippen LogP contribution in [0.3, 0.4) is 0 Å². The maximum absolute atomic E-state index is 12.8. The standard InChI is InChI=1S/C25H25N5O2S2/c1-16-7-8-21-20(11-16)17(13-26-21)9-10-30-14-18(12-23(30)31)24(32)27-25-29-28-22(34-25)15-33-19-5-3-2-4-6-19/h2-8,11,13,18,26H,9-10,12,14-15H2,1H3,(H,27,29,32)/t18-/m0/s1. The van der Waals surface area contributed by atoms with Gasteiger partial charge in [-0.2, -0.15) is 0 Å². The number of carbonyl (C=O) groups excluding carboxylic acids is 2. The number of amides is 2. The molecule has 0 saturated carbocycles. The maximum atomic E-state index is 12.8. The van der Waals surface area contributed by atoms with Crippen molar-refractivity contribution in [2.24, 2.45) is 5.92 Å². The van der Waals surface area contributed by atoms with Crippen LogP contribution in [0.1, 0.15) is 22.6 Å². The molecule has 2 aromatic carbocycles. The zero-order valence-electron chi connectivity index (χ0n) is 18.8. The Bertz CT molecular complexity index is 1320. The van der Waals surface area contributed by atoms with E-state index in [1.165, 1.54) is 27.8 Å². The Morgan fingerprint density at radius 2 is 2.09 bits per heavy atom. The monoisotopic (exact) mass is 491 g/mol. The van der Waals surface area contributed by atoms with Gasteiger partial charge in [0.05, 0.1) is 11.7 Å². The number of hydrogen-bond acceptors (Lipinski definition) is 6. The molecule has 1 aliphatic rings. The predicted octanol–water partition coefficient (Wildman–Crippen LogP) is 4.65. The van der Waals surface area contributed by atoms with E-state index in [2.05, 4.69) is 57.8 Å². The molecule has 7 nitrogen and oxygen atoms in total. The number of aromatic nitrogens is 3. The van der Waals surface area contributed by atoms with E-state index in [1.807, 2.05) is 24.4 Å². The largest absolute Gasteiger partial charge is 0.361 e. The Kier molecular flexibility index (Phi) is 6.64. The number of hydrogen-bond donors (Lipinski definition) is 2. The summed E-state index contributed by atoms with van der Waals surface area (Å²) in [5, 5.41) is 13.7. The minimum Gasteiger partial charge on any atom is -0.361 e. The van der Waals surface area contributed by atoms with E-state index in [0.717, 1.165) is 21.8 Å². The molecule has 1 fully saturated rings. The molecule has 0 bridgehead atoms. The van der Waals surface area contributed by atoms with Gasteiger partial charge >= 0.3 is 0 Å². The number of fused-ring (bicyclic) bond motifs is 1. The Morgan fingerprint density at radius 3 is 2.94 bits per heavy atom. The Labute approximate surface area is 206 Å². The molecule has 1 atom stereocenters. The van der Waals surface area contributed by atoms with E-state index in [0.29, 0.717) is 24.0 Å². The van der Waals surface area contributed by atoms with Gasteiger partial charge in [0.25, 0.3) is 0 Å². The molecule has 2 N–H and O–H groups in total. The van der Waals surface area contributed by atoms with Crippen LogP contribution in [-0.4, -0.2) is 45.0 Å². The molecule has 4 aromatic rings. The number of nitrogens with one attached hydrogen (secondary N) is 2. The summed E-state index contributed by atoms with van der Waals surface area (Å²) in [6, 6.07) is 16.4. The molecule has 2 aromatic heterocycles. The van der Waals surface area contributed by atoms with Gasteiger partial charge < -0.3 is 15.2 Å². The van der Waals surface area contributed by atoms with Crippen LogP contribution in [0.25, 0.3) is 10.9 Å². The number of likely N-dealkylation sites (tertiary alicyclic amines) is 1. The van der Waals surface area contributed by atoms with E-state index < -0.39 is 0 Å². The van der Waals surface area contributed by atoms with Crippen LogP contribution in [0.2, 0.25) is 0 Å². The summed E-state index contributed by atoms with van der Waals surface area (Å²) in [6.45, 7) is 3.11. The third-order valence-electron chi connectivity index (χ3n) is 5.96. The molecule has 0 aliphatic carbocycles. The topological polar surface area (TPSA) is 91.0 Å². The second-order valence-corrected chi connectivity index (χ2v) is 10.6. The number of aryl methyl sites for hydroxylation is 1. The number of benzene rings is 2. The van der Waals surface area contributed by atoms with Gasteiger partial charge in [-0.1, -0.05) is 41.2 Å². The first-order chi connectivity index (χ1) is 16.5. The first-order valence-electron chi connectivity index (χ1n) is 11.2. The second kappa shape index (κ2) is 9.99. The maximum Gasteiger partial charge on any atom is 0.231 e. The number of rotatable bonds is 8. The third kappa shape index (κ3) is 5.15. The molecule has 0 radical (unpaired) electrons. The van der Waals surface area contributed by atoms with E-state index in [9.17, 15) is 9.59 Å². The van der Waals surface area contributed by atoms with Crippen molar-refractivity contribution < 1.29 is 9.59 Å². The summed E-state index contributed by atoms with van der Waals surface area (Å²) in [6.07, 6.45) is 2.99. The molecule has 0 spiro atoms. The van der Waals surface area contributed by atoms with Crippen molar-refractivity contribution in [3.05, 3.63) is 70.9 Å². The van der Waals surface area contributed by atoms with Crippen LogP contribution < -0.4 is 5.32 Å². The van der Waals surface area contributed by atoms with Crippen LogP contribution >= 0.6 is 23.1 Å². The summed E-state index contributed by atoms with van der Waals surface area (Å²) in [7, 11) is 0. The normalized spacial score (nSPS) is 15.9. The fourth-order valence-corrected chi connectivity index (χ4v) is 5.80. The number of H-pyrrole nitrogens is 1. The van der Waals surface area contributed by atoms with Gasteiger partial charge in [-0.05, 0) is 43.2 Å². The molecule has 1 aliphatic heterocycles. The number of nitrogens with zero attached hydrogens (tertiary/aromatic N) is 3. The number of carbonyl (C=O) groups is 2. The lowest BCUT2D eigenvalue weighted by Gasteiger charge is -2.16. The van der Waals surface area contributed by atoms with E-state index in [1.54, 1.807) is 16.7 Å². The van der Waals surface area contributed by atoms with Gasteiger partial charge in [0, 0.05) is 41.5 Å². The quantitative estimate of drug-likeness (QED) is 0.350. The van der Waals surface area contributed by atoms with Gasteiger partial charge in [0.2, 0.25) is 16.9 Å². The summed E-state index contributed by atoms with van der Waals surface area (Å²) in [5.41, 5.74) is 3.50. The highest BCUT2D eigenvalue weighted by Gasteiger charge is 2.34. The van der Waals surface area contributed by atoms with Gasteiger partial charge in [-0.25, -0.2) is 0 Å². The first-order valence-corrected chi connectivity index (χ1v) is 13.0. The Morgan fingerprint density at radius 1 is 1.24 bits per heavy atom. The van der Waals surface area contributed by atoms with Crippen molar-refractivity contribution >= 4 is 50.9 Å². The second-order valence-electron chi connectivity index (χ2n) is 8.45. The van der Waals surface area contributed by atoms with E-state index in [-0.39, 0.29) is 24.2 Å². The van der Waals surface area contributed by atoms with E-state index >= 15 is 0 Å². The molecule has 9 heteroatoms. The first kappa shape index (κ1) is 22.6. The summed E-state index contributed by atoms with van der Waals surface area (Å²) < 4.78 is 0. The van der Waals surface area contributed by atoms with Gasteiger partial charge in [0.15, 0.2) is 0 Å². The molecular formula is C25H25N5O2S2. The van der Waals surface area contributed by atoms with Crippen LogP contribution in [0.5, 0.6) is 0 Å². The summed E-state index contributed by atoms with van der Waals surface area (Å²) in [5.74, 6) is 0.176. The lowest BCUT2D eigenvalue weighted by molar-refractivity contribution is -0.128. The fraction of sp³-hybridized carbons (Fsp3) is 0.280. The van der Waals surface area contributed by atoms with Crippen molar-refractivity contribution in [3.8, 4) is 0 Å². The minimum atomic E-state index is -0.372. The smallest absolute Gasteiger partial charge is 0.231 e. The van der Waals surface area contributed by atoms with Crippen molar-refractivity contribution in [2.75, 3.05) is 18.4 Å². The van der Waals surface area contributed by atoms with E-state index in [4.69, 9.17) is 0 Å². The van der Waals surface area contributed by atoms with Gasteiger partial charge in [0.1, 0.15) is 5.01 Å². The third-order valence-corrected chi connectivity index (χ3v) is 8.01. The fourth-order valence-electron chi connectivity index (χ4n) is 4.15. The van der Waals surface area contributed by atoms with Crippen LogP contribution in [0.4, 0.5) is 5.13 Å². The minimum absolute atomic E-state index is 0.0217. The van der Waals surface area contributed by atoms with Crippen molar-refractivity contribution in [3.63, 3.8) is 0 Å². The SMILES string of the molecule is Cc1ccc2[nH]cc(CCN3C[C@@H](C(=O)Nc4nnc(CSc5ccccc5)s4)CC3=O)c2c1.